The van der Waals surface area contributed by atoms with Crippen LogP contribution in [0.2, 0.25) is 0 Å². The molecule has 0 N–H and O–H groups in total. The van der Waals surface area contributed by atoms with Gasteiger partial charge in [0.25, 0.3) is 0 Å². The maximum Gasteiger partial charge on any atom is 0.368 e. The zero-order chi connectivity index (χ0) is 22.0. The van der Waals surface area contributed by atoms with Crippen molar-refractivity contribution >= 4 is 0 Å². The number of aryl methyl sites for hydroxylation is 4. The third-order valence-corrected chi connectivity index (χ3v) is 5.37. The Hall–Kier alpha value is -3.74. The summed E-state index contributed by atoms with van der Waals surface area (Å²) in [6, 6.07) is 18.1. The molecular formula is C24H25N5O2. The minimum Gasteiger partial charge on any atom is -0.473 e. The van der Waals surface area contributed by atoms with Crippen LogP contribution < -0.4 is 10.4 Å². The molecule has 0 aliphatic carbocycles. The van der Waals surface area contributed by atoms with Gasteiger partial charge in [-0.25, -0.2) is 9.78 Å². The van der Waals surface area contributed by atoms with Crippen molar-refractivity contribution in [2.75, 3.05) is 0 Å². The van der Waals surface area contributed by atoms with E-state index >= 15 is 0 Å². The zero-order valence-electron chi connectivity index (χ0n) is 18.2. The fourth-order valence-electron chi connectivity index (χ4n) is 3.58. The van der Waals surface area contributed by atoms with Gasteiger partial charge in [-0.2, -0.15) is 9.36 Å². The van der Waals surface area contributed by atoms with Crippen molar-refractivity contribution in [3.05, 3.63) is 87.5 Å². The Morgan fingerprint density at radius 3 is 2.39 bits per heavy atom. The summed E-state index contributed by atoms with van der Waals surface area (Å²) in [7, 11) is 1.58. The van der Waals surface area contributed by atoms with Crippen LogP contribution in [0.5, 0.6) is 5.88 Å². The largest absolute Gasteiger partial charge is 0.473 e. The SMILES string of the molecule is CCc1cccc(-n2nnn(C)c2=O)c1COc1ccc(-c2ccc(C)cc2)c(C)n1. The van der Waals surface area contributed by atoms with E-state index in [1.54, 1.807) is 7.05 Å². The molecule has 31 heavy (non-hydrogen) atoms. The lowest BCUT2D eigenvalue weighted by atomic mass is 10.0. The quantitative estimate of drug-likeness (QED) is 0.479. The van der Waals surface area contributed by atoms with Crippen molar-refractivity contribution < 1.29 is 4.74 Å². The maximum atomic E-state index is 12.4. The molecule has 0 aliphatic rings. The first kappa shape index (κ1) is 20.5. The van der Waals surface area contributed by atoms with Gasteiger partial charge in [-0.15, -0.1) is 0 Å². The zero-order valence-corrected chi connectivity index (χ0v) is 18.2. The lowest BCUT2D eigenvalue weighted by Gasteiger charge is -2.14. The van der Waals surface area contributed by atoms with Crippen LogP contribution in [0.25, 0.3) is 16.8 Å². The second kappa shape index (κ2) is 8.55. The number of rotatable bonds is 6. The number of benzene rings is 2. The van der Waals surface area contributed by atoms with E-state index in [1.807, 2.05) is 37.3 Å². The lowest BCUT2D eigenvalue weighted by molar-refractivity contribution is 0.291. The molecule has 0 fully saturated rings. The molecule has 4 aromatic rings. The van der Waals surface area contributed by atoms with Crippen LogP contribution in [-0.4, -0.2) is 24.8 Å². The first-order valence-corrected chi connectivity index (χ1v) is 10.3. The number of tetrazole rings is 1. The number of nitrogens with zero attached hydrogens (tertiary/aromatic N) is 5. The van der Waals surface area contributed by atoms with Crippen LogP contribution in [-0.2, 0) is 20.1 Å². The highest BCUT2D eigenvalue weighted by atomic mass is 16.5. The van der Waals surface area contributed by atoms with Crippen molar-refractivity contribution in [3.63, 3.8) is 0 Å². The predicted molar refractivity (Wildman–Crippen MR) is 119 cm³/mol. The van der Waals surface area contributed by atoms with Crippen LogP contribution in [0.3, 0.4) is 0 Å². The van der Waals surface area contributed by atoms with Crippen molar-refractivity contribution in [2.24, 2.45) is 7.05 Å². The van der Waals surface area contributed by atoms with Gasteiger partial charge in [0.1, 0.15) is 6.61 Å². The molecule has 0 bridgehead atoms. The second-order valence-electron chi connectivity index (χ2n) is 7.50. The maximum absolute atomic E-state index is 12.4. The molecule has 0 spiro atoms. The Morgan fingerprint density at radius 2 is 1.74 bits per heavy atom. The Bertz CT molecular complexity index is 1270. The number of hydrogen-bond donors (Lipinski definition) is 0. The molecule has 2 heterocycles. The van der Waals surface area contributed by atoms with Crippen LogP contribution in [0.4, 0.5) is 0 Å². The summed E-state index contributed by atoms with van der Waals surface area (Å²) in [5.74, 6) is 0.539. The van der Waals surface area contributed by atoms with Crippen LogP contribution >= 0.6 is 0 Å². The molecule has 158 valence electrons. The number of hydrogen-bond acceptors (Lipinski definition) is 5. The molecule has 0 amide bonds. The topological polar surface area (TPSA) is 74.8 Å². The van der Waals surface area contributed by atoms with E-state index in [0.29, 0.717) is 11.6 Å². The van der Waals surface area contributed by atoms with Gasteiger partial charge in [0, 0.05) is 29.9 Å². The lowest BCUT2D eigenvalue weighted by Crippen LogP contribution is -2.23. The van der Waals surface area contributed by atoms with E-state index in [0.717, 1.165) is 34.4 Å². The first-order valence-electron chi connectivity index (χ1n) is 10.3. The number of pyridine rings is 1. The highest BCUT2D eigenvalue weighted by Gasteiger charge is 2.15. The predicted octanol–water partition coefficient (Wildman–Crippen LogP) is 3.79. The van der Waals surface area contributed by atoms with Crippen molar-refractivity contribution in [2.45, 2.75) is 33.8 Å². The fraction of sp³-hybridized carbons (Fsp3) is 0.250. The molecule has 0 unspecified atom stereocenters. The van der Waals surface area contributed by atoms with Crippen LogP contribution in [0, 0.1) is 13.8 Å². The smallest absolute Gasteiger partial charge is 0.368 e. The van der Waals surface area contributed by atoms with Gasteiger partial charge in [-0.05, 0) is 54.0 Å². The second-order valence-corrected chi connectivity index (χ2v) is 7.50. The number of aromatic nitrogens is 5. The standard InChI is InChI=1S/C24H25N5O2/c1-5-18-7-6-8-22(29-24(30)28(4)26-27-29)21(18)15-31-23-14-13-20(17(3)25-23)19-11-9-16(2)10-12-19/h6-14H,5,15H2,1-4H3. The Balaban J connectivity index is 1.62. The molecule has 7 nitrogen and oxygen atoms in total. The Kier molecular flexibility index (Phi) is 5.66. The molecule has 0 aliphatic heterocycles. The summed E-state index contributed by atoms with van der Waals surface area (Å²) in [6.45, 7) is 6.40. The summed E-state index contributed by atoms with van der Waals surface area (Å²) in [4.78, 5) is 17.0. The molecule has 4 rings (SSSR count). The van der Waals surface area contributed by atoms with E-state index < -0.39 is 0 Å². The highest BCUT2D eigenvalue weighted by Crippen LogP contribution is 2.26. The summed E-state index contributed by atoms with van der Waals surface area (Å²) in [5, 5.41) is 7.81. The summed E-state index contributed by atoms with van der Waals surface area (Å²) in [6.07, 6.45) is 0.806. The van der Waals surface area contributed by atoms with E-state index in [4.69, 9.17) is 4.74 Å². The molecule has 0 saturated carbocycles. The summed E-state index contributed by atoms with van der Waals surface area (Å²) in [5.41, 5.74) is 6.68. The third-order valence-electron chi connectivity index (χ3n) is 5.37. The van der Waals surface area contributed by atoms with Gasteiger partial charge in [0.15, 0.2) is 0 Å². The van der Waals surface area contributed by atoms with E-state index in [-0.39, 0.29) is 12.3 Å². The molecule has 0 radical (unpaired) electrons. The molecule has 2 aromatic heterocycles. The molecule has 0 atom stereocenters. The first-order chi connectivity index (χ1) is 15.0. The fourth-order valence-corrected chi connectivity index (χ4v) is 3.58. The Morgan fingerprint density at radius 1 is 0.968 bits per heavy atom. The average molecular weight is 415 g/mol. The third kappa shape index (κ3) is 4.12. The van der Waals surface area contributed by atoms with Crippen LogP contribution in [0.15, 0.2) is 59.4 Å². The van der Waals surface area contributed by atoms with Gasteiger partial charge in [-0.1, -0.05) is 48.9 Å². The normalized spacial score (nSPS) is 11.0. The summed E-state index contributed by atoms with van der Waals surface area (Å²) >= 11 is 0. The van der Waals surface area contributed by atoms with Crippen LogP contribution in [0.1, 0.15) is 29.3 Å². The van der Waals surface area contributed by atoms with E-state index in [1.165, 1.54) is 14.9 Å². The van der Waals surface area contributed by atoms with E-state index in [2.05, 4.69) is 53.5 Å². The Labute approximate surface area is 180 Å². The van der Waals surface area contributed by atoms with Gasteiger partial charge < -0.3 is 4.74 Å². The van der Waals surface area contributed by atoms with Gasteiger partial charge in [-0.3, -0.25) is 0 Å². The minimum absolute atomic E-state index is 0.276. The molecule has 2 aromatic carbocycles. The molecular weight excluding hydrogens is 390 g/mol. The molecule has 7 heteroatoms. The van der Waals surface area contributed by atoms with Gasteiger partial charge in [0.2, 0.25) is 5.88 Å². The molecule has 0 saturated heterocycles. The van der Waals surface area contributed by atoms with Crippen molar-refractivity contribution in [1.82, 2.24) is 24.8 Å². The van der Waals surface area contributed by atoms with E-state index in [9.17, 15) is 4.79 Å². The van der Waals surface area contributed by atoms with Crippen molar-refractivity contribution in [3.8, 4) is 22.7 Å². The summed E-state index contributed by atoms with van der Waals surface area (Å²) < 4.78 is 8.56. The van der Waals surface area contributed by atoms with Gasteiger partial charge in [0.05, 0.1) is 5.69 Å². The number of ether oxygens (including phenoxy) is 1. The highest BCUT2D eigenvalue weighted by molar-refractivity contribution is 5.66. The van der Waals surface area contributed by atoms with Gasteiger partial charge >= 0.3 is 5.69 Å². The monoisotopic (exact) mass is 415 g/mol. The average Bonchev–Trinajstić information content (AvgIpc) is 3.11. The minimum atomic E-state index is -0.300. The van der Waals surface area contributed by atoms with Crippen molar-refractivity contribution in [1.29, 1.82) is 0 Å².